The number of anilines is 2. The molecular formula is C14H21N5. The molecule has 1 aliphatic heterocycles. The van der Waals surface area contributed by atoms with Crippen LogP contribution in [0.3, 0.4) is 0 Å². The standard InChI is InChI=1S/C14H21N5/c1-19-6-2-3-10(9-19)8-16-14-17-12-5-4-11(15)7-13(12)18-14/h4-5,7,10H,2-3,6,8-9,15H2,1H3,(H2,16,17,18). The minimum absolute atomic E-state index is 0.706. The fourth-order valence-electron chi connectivity index (χ4n) is 2.79. The third-order valence-corrected chi connectivity index (χ3v) is 3.79. The van der Waals surface area contributed by atoms with Gasteiger partial charge < -0.3 is 20.9 Å². The van der Waals surface area contributed by atoms with Gasteiger partial charge in [0.1, 0.15) is 0 Å². The maximum Gasteiger partial charge on any atom is 0.201 e. The normalized spacial score (nSPS) is 20.8. The Hall–Kier alpha value is -1.75. The van der Waals surface area contributed by atoms with Crippen molar-refractivity contribution in [1.29, 1.82) is 0 Å². The number of nitrogens with zero attached hydrogens (tertiary/aromatic N) is 2. The molecular weight excluding hydrogens is 238 g/mol. The Labute approximate surface area is 113 Å². The Morgan fingerprint density at radius 3 is 3.26 bits per heavy atom. The lowest BCUT2D eigenvalue weighted by Crippen LogP contribution is -2.35. The first kappa shape index (κ1) is 12.3. The van der Waals surface area contributed by atoms with Gasteiger partial charge in [-0.25, -0.2) is 4.98 Å². The largest absolute Gasteiger partial charge is 0.399 e. The molecule has 3 rings (SSSR count). The second-order valence-corrected chi connectivity index (χ2v) is 5.51. The van der Waals surface area contributed by atoms with Crippen LogP contribution < -0.4 is 11.1 Å². The zero-order chi connectivity index (χ0) is 13.2. The van der Waals surface area contributed by atoms with E-state index in [1.807, 2.05) is 18.2 Å². The second kappa shape index (κ2) is 5.09. The smallest absolute Gasteiger partial charge is 0.201 e. The molecule has 0 aliphatic carbocycles. The van der Waals surface area contributed by atoms with Crippen LogP contribution in [0.5, 0.6) is 0 Å². The van der Waals surface area contributed by atoms with E-state index < -0.39 is 0 Å². The van der Waals surface area contributed by atoms with Crippen molar-refractivity contribution in [2.45, 2.75) is 12.8 Å². The number of fused-ring (bicyclic) bond motifs is 1. The minimum atomic E-state index is 0.706. The molecule has 1 aliphatic rings. The Kier molecular flexibility index (Phi) is 3.29. The van der Waals surface area contributed by atoms with E-state index in [-0.39, 0.29) is 0 Å². The summed E-state index contributed by atoms with van der Waals surface area (Å²) in [5.74, 6) is 1.55. The van der Waals surface area contributed by atoms with Crippen LogP contribution in [0.2, 0.25) is 0 Å². The number of nitrogen functional groups attached to an aromatic ring is 1. The molecule has 19 heavy (non-hydrogen) atoms. The number of hydrogen-bond donors (Lipinski definition) is 3. The number of piperidine rings is 1. The summed E-state index contributed by atoms with van der Waals surface area (Å²) in [6.45, 7) is 3.36. The first-order chi connectivity index (χ1) is 9.20. The number of nitrogens with two attached hydrogens (primary N) is 1. The predicted octanol–water partition coefficient (Wildman–Crippen LogP) is 1.90. The summed E-state index contributed by atoms with van der Waals surface area (Å²) in [5.41, 5.74) is 8.47. The quantitative estimate of drug-likeness (QED) is 0.736. The van der Waals surface area contributed by atoms with Crippen molar-refractivity contribution in [3.63, 3.8) is 0 Å². The molecule has 5 heteroatoms. The monoisotopic (exact) mass is 259 g/mol. The highest BCUT2D eigenvalue weighted by Crippen LogP contribution is 2.19. The number of benzene rings is 1. The molecule has 1 unspecified atom stereocenters. The highest BCUT2D eigenvalue weighted by Gasteiger charge is 2.17. The molecule has 0 bridgehead atoms. The molecule has 4 N–H and O–H groups in total. The SMILES string of the molecule is CN1CCCC(CNc2nc3ccc(N)cc3[nH]2)C1. The lowest BCUT2D eigenvalue weighted by Gasteiger charge is -2.29. The summed E-state index contributed by atoms with van der Waals surface area (Å²) >= 11 is 0. The van der Waals surface area contributed by atoms with E-state index in [0.717, 1.165) is 29.2 Å². The maximum absolute atomic E-state index is 5.77. The van der Waals surface area contributed by atoms with Gasteiger partial charge in [0.25, 0.3) is 0 Å². The van der Waals surface area contributed by atoms with Crippen molar-refractivity contribution in [3.8, 4) is 0 Å². The van der Waals surface area contributed by atoms with E-state index in [2.05, 4.69) is 27.2 Å². The van der Waals surface area contributed by atoms with E-state index in [1.54, 1.807) is 0 Å². The van der Waals surface area contributed by atoms with E-state index in [4.69, 9.17) is 5.73 Å². The average Bonchev–Trinajstić information content (AvgIpc) is 2.78. The summed E-state index contributed by atoms with van der Waals surface area (Å²) < 4.78 is 0. The van der Waals surface area contributed by atoms with Crippen LogP contribution in [0.1, 0.15) is 12.8 Å². The van der Waals surface area contributed by atoms with Gasteiger partial charge in [-0.1, -0.05) is 0 Å². The molecule has 0 spiro atoms. The van der Waals surface area contributed by atoms with Crippen molar-refractivity contribution in [3.05, 3.63) is 18.2 Å². The van der Waals surface area contributed by atoms with Gasteiger partial charge in [-0.3, -0.25) is 0 Å². The highest BCUT2D eigenvalue weighted by molar-refractivity contribution is 5.80. The number of aromatic amines is 1. The second-order valence-electron chi connectivity index (χ2n) is 5.51. The van der Waals surface area contributed by atoms with Crippen molar-refractivity contribution in [2.24, 2.45) is 5.92 Å². The van der Waals surface area contributed by atoms with Gasteiger partial charge in [0.05, 0.1) is 11.0 Å². The molecule has 1 fully saturated rings. The van der Waals surface area contributed by atoms with Crippen LogP contribution in [0.25, 0.3) is 11.0 Å². The first-order valence-corrected chi connectivity index (χ1v) is 6.88. The summed E-state index contributed by atoms with van der Waals surface area (Å²) in [6.07, 6.45) is 2.59. The van der Waals surface area contributed by atoms with Crippen molar-refractivity contribution in [1.82, 2.24) is 14.9 Å². The Bertz CT molecular complexity index is 562. The van der Waals surface area contributed by atoms with Crippen molar-refractivity contribution in [2.75, 3.05) is 37.7 Å². The number of hydrogen-bond acceptors (Lipinski definition) is 4. The van der Waals surface area contributed by atoms with Crippen molar-refractivity contribution < 1.29 is 0 Å². The molecule has 2 aromatic rings. The minimum Gasteiger partial charge on any atom is -0.399 e. The molecule has 0 radical (unpaired) electrons. The summed E-state index contributed by atoms with van der Waals surface area (Å²) in [5, 5.41) is 3.41. The van der Waals surface area contributed by atoms with E-state index >= 15 is 0 Å². The number of nitrogens with one attached hydrogen (secondary N) is 2. The van der Waals surface area contributed by atoms with Gasteiger partial charge in [-0.05, 0) is 50.6 Å². The Morgan fingerprint density at radius 1 is 1.53 bits per heavy atom. The van der Waals surface area contributed by atoms with Crippen LogP contribution in [0, 0.1) is 5.92 Å². The van der Waals surface area contributed by atoms with Gasteiger partial charge in [-0.2, -0.15) is 0 Å². The van der Waals surface area contributed by atoms with Gasteiger partial charge >= 0.3 is 0 Å². The predicted molar refractivity (Wildman–Crippen MR) is 79.2 cm³/mol. The summed E-state index contributed by atoms with van der Waals surface area (Å²) in [7, 11) is 2.19. The molecule has 5 nitrogen and oxygen atoms in total. The molecule has 1 saturated heterocycles. The van der Waals surface area contributed by atoms with Gasteiger partial charge in [-0.15, -0.1) is 0 Å². The van der Waals surface area contributed by atoms with Crippen molar-refractivity contribution >= 4 is 22.7 Å². The number of H-pyrrole nitrogens is 1. The van der Waals surface area contributed by atoms with Gasteiger partial charge in [0.15, 0.2) is 0 Å². The number of aromatic nitrogens is 2. The third-order valence-electron chi connectivity index (χ3n) is 3.79. The molecule has 102 valence electrons. The maximum atomic E-state index is 5.77. The zero-order valence-corrected chi connectivity index (χ0v) is 11.3. The summed E-state index contributed by atoms with van der Waals surface area (Å²) in [6, 6.07) is 5.74. The van der Waals surface area contributed by atoms with Crippen LogP contribution in [0.4, 0.5) is 11.6 Å². The van der Waals surface area contributed by atoms with Crippen LogP contribution in [-0.4, -0.2) is 41.5 Å². The molecule has 2 heterocycles. The molecule has 1 aromatic carbocycles. The first-order valence-electron chi connectivity index (χ1n) is 6.88. The lowest BCUT2D eigenvalue weighted by atomic mass is 9.99. The van der Waals surface area contributed by atoms with E-state index in [0.29, 0.717) is 5.92 Å². The van der Waals surface area contributed by atoms with Crippen LogP contribution >= 0.6 is 0 Å². The number of rotatable bonds is 3. The van der Waals surface area contributed by atoms with Crippen LogP contribution in [0.15, 0.2) is 18.2 Å². The van der Waals surface area contributed by atoms with E-state index in [9.17, 15) is 0 Å². The Morgan fingerprint density at radius 2 is 2.42 bits per heavy atom. The molecule has 1 aromatic heterocycles. The van der Waals surface area contributed by atoms with Gasteiger partial charge in [0.2, 0.25) is 5.95 Å². The number of likely N-dealkylation sites (tertiary alicyclic amines) is 1. The molecule has 0 amide bonds. The lowest BCUT2D eigenvalue weighted by molar-refractivity contribution is 0.217. The fraction of sp³-hybridized carbons (Fsp3) is 0.500. The third kappa shape index (κ3) is 2.81. The van der Waals surface area contributed by atoms with E-state index in [1.165, 1.54) is 25.9 Å². The Balaban J connectivity index is 1.65. The zero-order valence-electron chi connectivity index (χ0n) is 11.3. The molecule has 1 atom stereocenters. The molecule has 0 saturated carbocycles. The van der Waals surface area contributed by atoms with Crippen LogP contribution in [-0.2, 0) is 0 Å². The highest BCUT2D eigenvalue weighted by atomic mass is 15.1. The fourth-order valence-corrected chi connectivity index (χ4v) is 2.79. The van der Waals surface area contributed by atoms with Gasteiger partial charge in [0, 0.05) is 18.8 Å². The average molecular weight is 259 g/mol. The number of imidazole rings is 1. The topological polar surface area (TPSA) is 70.0 Å². The summed E-state index contributed by atoms with van der Waals surface area (Å²) in [4.78, 5) is 10.2.